The topological polar surface area (TPSA) is 107 Å². The van der Waals surface area contributed by atoms with Gasteiger partial charge in [-0.1, -0.05) is 13.3 Å². The number of aliphatic carboxylic acids is 1. The van der Waals surface area contributed by atoms with Crippen LogP contribution in [0.2, 0.25) is 0 Å². The molecule has 2 N–H and O–H groups in total. The molecule has 0 aromatic heterocycles. The Morgan fingerprint density at radius 2 is 2.20 bits per heavy atom. The van der Waals surface area contributed by atoms with Crippen LogP contribution in [0.3, 0.4) is 0 Å². The molecule has 0 spiro atoms. The summed E-state index contributed by atoms with van der Waals surface area (Å²) in [5, 5.41) is 16.8. The molecule has 1 unspecified atom stereocenters. The summed E-state index contributed by atoms with van der Waals surface area (Å²) in [5.74, 6) is -1.71. The molecule has 86 valence electrons. The molecule has 15 heavy (non-hydrogen) atoms. The van der Waals surface area contributed by atoms with E-state index in [0.29, 0.717) is 12.8 Å². The number of carbonyl (C=O) groups is 1. The fraction of sp³-hybridized carbons (Fsp3) is 0.750. The zero-order valence-corrected chi connectivity index (χ0v) is 9.25. The summed E-state index contributed by atoms with van der Waals surface area (Å²) in [4.78, 5) is 10.4. The Morgan fingerprint density at radius 1 is 1.60 bits per heavy atom. The predicted molar refractivity (Wildman–Crippen MR) is 53.5 cm³/mol. The number of carboxylic acid groups (broad SMARTS) is 1. The Bertz CT molecular complexity index is 344. The van der Waals surface area contributed by atoms with Crippen molar-refractivity contribution in [3.8, 4) is 6.07 Å². The first-order valence-corrected chi connectivity index (χ1v) is 6.15. The number of hydrogen-bond acceptors (Lipinski definition) is 4. The SMILES string of the molecule is CCCC(CC(=O)O)NS(=O)(=O)CC#N. The zero-order chi connectivity index (χ0) is 11.9. The van der Waals surface area contributed by atoms with Crippen molar-refractivity contribution in [3.05, 3.63) is 0 Å². The van der Waals surface area contributed by atoms with Crippen LogP contribution in [0.15, 0.2) is 0 Å². The molecule has 0 aliphatic carbocycles. The van der Waals surface area contributed by atoms with Crippen LogP contribution in [0.25, 0.3) is 0 Å². The molecule has 0 aromatic carbocycles. The van der Waals surface area contributed by atoms with E-state index in [0.717, 1.165) is 0 Å². The highest BCUT2D eigenvalue weighted by Crippen LogP contribution is 2.03. The van der Waals surface area contributed by atoms with Crippen LogP contribution in [0.1, 0.15) is 26.2 Å². The molecule has 0 amide bonds. The Morgan fingerprint density at radius 3 is 2.60 bits per heavy atom. The van der Waals surface area contributed by atoms with E-state index in [2.05, 4.69) is 4.72 Å². The van der Waals surface area contributed by atoms with Gasteiger partial charge in [-0.15, -0.1) is 0 Å². The number of carboxylic acids is 1. The first-order chi connectivity index (χ1) is 6.91. The molecule has 0 rings (SSSR count). The highest BCUT2D eigenvalue weighted by atomic mass is 32.2. The van der Waals surface area contributed by atoms with Crippen LogP contribution in [0.4, 0.5) is 0 Å². The molecule has 0 fully saturated rings. The molecule has 0 radical (unpaired) electrons. The zero-order valence-electron chi connectivity index (χ0n) is 8.43. The summed E-state index contributed by atoms with van der Waals surface area (Å²) in [6, 6.07) is 0.877. The molecule has 6 nitrogen and oxygen atoms in total. The van der Waals surface area contributed by atoms with Crippen LogP contribution in [-0.2, 0) is 14.8 Å². The van der Waals surface area contributed by atoms with E-state index < -0.39 is 27.8 Å². The van der Waals surface area contributed by atoms with Crippen molar-refractivity contribution in [3.63, 3.8) is 0 Å². The first kappa shape index (κ1) is 13.9. The monoisotopic (exact) mass is 234 g/mol. The summed E-state index contributed by atoms with van der Waals surface area (Å²) in [5.41, 5.74) is 0. The van der Waals surface area contributed by atoms with E-state index in [1.807, 2.05) is 6.92 Å². The highest BCUT2D eigenvalue weighted by Gasteiger charge is 2.19. The molecule has 0 aliphatic heterocycles. The highest BCUT2D eigenvalue weighted by molar-refractivity contribution is 7.89. The molecule has 0 bridgehead atoms. The molecule has 0 saturated heterocycles. The van der Waals surface area contributed by atoms with Crippen molar-refractivity contribution in [2.24, 2.45) is 0 Å². The number of hydrogen-bond donors (Lipinski definition) is 2. The van der Waals surface area contributed by atoms with E-state index in [1.165, 1.54) is 6.07 Å². The van der Waals surface area contributed by atoms with Crippen LogP contribution >= 0.6 is 0 Å². The molecule has 1 atom stereocenters. The van der Waals surface area contributed by atoms with Crippen LogP contribution < -0.4 is 4.72 Å². The van der Waals surface area contributed by atoms with Gasteiger partial charge in [0.05, 0.1) is 12.5 Å². The smallest absolute Gasteiger partial charge is 0.304 e. The molecule has 0 aromatic rings. The van der Waals surface area contributed by atoms with Gasteiger partial charge < -0.3 is 5.11 Å². The van der Waals surface area contributed by atoms with Crippen molar-refractivity contribution < 1.29 is 18.3 Å². The van der Waals surface area contributed by atoms with Gasteiger partial charge in [-0.3, -0.25) is 4.79 Å². The minimum absolute atomic E-state index is 0.265. The van der Waals surface area contributed by atoms with Gasteiger partial charge in [-0.25, -0.2) is 13.1 Å². The minimum atomic E-state index is -3.67. The third kappa shape index (κ3) is 6.88. The van der Waals surface area contributed by atoms with Gasteiger partial charge in [-0.05, 0) is 6.42 Å². The van der Waals surface area contributed by atoms with Gasteiger partial charge in [0.25, 0.3) is 0 Å². The van der Waals surface area contributed by atoms with Gasteiger partial charge in [0.1, 0.15) is 0 Å². The summed E-state index contributed by atoms with van der Waals surface area (Å²) >= 11 is 0. The van der Waals surface area contributed by atoms with Crippen molar-refractivity contribution in [1.29, 1.82) is 5.26 Å². The summed E-state index contributed by atoms with van der Waals surface area (Å²) in [7, 11) is -3.67. The van der Waals surface area contributed by atoms with Gasteiger partial charge in [0.15, 0.2) is 5.75 Å². The predicted octanol–water partition coefficient (Wildman–Crippen LogP) is 0.0728. The van der Waals surface area contributed by atoms with E-state index in [9.17, 15) is 13.2 Å². The van der Waals surface area contributed by atoms with Gasteiger partial charge in [0.2, 0.25) is 10.0 Å². The largest absolute Gasteiger partial charge is 0.481 e. The third-order valence-corrected chi connectivity index (χ3v) is 2.86. The minimum Gasteiger partial charge on any atom is -0.481 e. The van der Waals surface area contributed by atoms with Gasteiger partial charge >= 0.3 is 5.97 Å². The normalized spacial score (nSPS) is 13.1. The molecule has 0 saturated carbocycles. The van der Waals surface area contributed by atoms with Crippen molar-refractivity contribution in [2.45, 2.75) is 32.2 Å². The number of nitriles is 1. The van der Waals surface area contributed by atoms with E-state index in [1.54, 1.807) is 0 Å². The Kier molecular flexibility index (Phi) is 5.89. The molecule has 0 heterocycles. The lowest BCUT2D eigenvalue weighted by Crippen LogP contribution is -2.37. The number of sulfonamides is 1. The average Bonchev–Trinajstić information content (AvgIpc) is 2.01. The van der Waals surface area contributed by atoms with Crippen LogP contribution in [0, 0.1) is 11.3 Å². The van der Waals surface area contributed by atoms with E-state index in [4.69, 9.17) is 10.4 Å². The Hall–Kier alpha value is -1.13. The molecular formula is C8H14N2O4S. The van der Waals surface area contributed by atoms with E-state index in [-0.39, 0.29) is 6.42 Å². The Labute approximate surface area is 89.0 Å². The van der Waals surface area contributed by atoms with Crippen molar-refractivity contribution in [2.75, 3.05) is 5.75 Å². The maximum Gasteiger partial charge on any atom is 0.304 e. The lowest BCUT2D eigenvalue weighted by Gasteiger charge is -2.14. The van der Waals surface area contributed by atoms with Crippen molar-refractivity contribution in [1.82, 2.24) is 4.72 Å². The average molecular weight is 234 g/mol. The quantitative estimate of drug-likeness (QED) is 0.648. The second kappa shape index (κ2) is 6.37. The van der Waals surface area contributed by atoms with Crippen LogP contribution in [-0.4, -0.2) is 31.3 Å². The first-order valence-electron chi connectivity index (χ1n) is 4.50. The Balaban J connectivity index is 4.41. The lowest BCUT2D eigenvalue weighted by atomic mass is 10.1. The third-order valence-electron chi connectivity index (χ3n) is 1.66. The summed E-state index contributed by atoms with van der Waals surface area (Å²) in [6.45, 7) is 1.83. The molecule has 7 heteroatoms. The van der Waals surface area contributed by atoms with Crippen LogP contribution in [0.5, 0.6) is 0 Å². The van der Waals surface area contributed by atoms with E-state index >= 15 is 0 Å². The van der Waals surface area contributed by atoms with Gasteiger partial charge in [0, 0.05) is 6.04 Å². The fourth-order valence-corrected chi connectivity index (χ4v) is 2.10. The molecule has 0 aliphatic rings. The lowest BCUT2D eigenvalue weighted by molar-refractivity contribution is -0.137. The number of rotatable bonds is 7. The standard InChI is InChI=1S/C8H14N2O4S/c1-2-3-7(6-8(11)12)10-15(13,14)5-4-9/h7,10H,2-3,5-6H2,1H3,(H,11,12). The number of nitrogens with one attached hydrogen (secondary N) is 1. The fourth-order valence-electron chi connectivity index (χ4n) is 1.14. The summed E-state index contributed by atoms with van der Waals surface area (Å²) in [6.07, 6.45) is 0.850. The molecular weight excluding hydrogens is 220 g/mol. The maximum absolute atomic E-state index is 11.2. The van der Waals surface area contributed by atoms with Crippen molar-refractivity contribution >= 4 is 16.0 Å². The van der Waals surface area contributed by atoms with Gasteiger partial charge in [-0.2, -0.15) is 5.26 Å². The number of nitrogens with zero attached hydrogens (tertiary/aromatic N) is 1. The second-order valence-corrected chi connectivity index (χ2v) is 4.87. The summed E-state index contributed by atoms with van der Waals surface area (Å²) < 4.78 is 24.5. The second-order valence-electron chi connectivity index (χ2n) is 3.12. The maximum atomic E-state index is 11.2.